The number of benzene rings is 1. The van der Waals surface area contributed by atoms with Crippen LogP contribution in [0.5, 0.6) is 0 Å². The molecule has 0 unspecified atom stereocenters. The molecule has 0 saturated heterocycles. The summed E-state index contributed by atoms with van der Waals surface area (Å²) in [6, 6.07) is 7.70. The molecule has 0 saturated carbocycles. The van der Waals surface area contributed by atoms with Crippen LogP contribution in [-0.2, 0) is 0 Å². The SMILES string of the molecule is FC1=CCCN(c2cnc3ccccc3n2)C1. The number of hydrogen-bond donors (Lipinski definition) is 0. The number of anilines is 1. The lowest BCUT2D eigenvalue weighted by atomic mass is 10.2. The first-order valence-electron chi connectivity index (χ1n) is 5.64. The van der Waals surface area contributed by atoms with Crippen molar-refractivity contribution >= 4 is 16.9 Å². The maximum Gasteiger partial charge on any atom is 0.148 e. The van der Waals surface area contributed by atoms with E-state index in [2.05, 4.69) is 9.97 Å². The van der Waals surface area contributed by atoms with Crippen molar-refractivity contribution in [3.05, 3.63) is 42.4 Å². The van der Waals surface area contributed by atoms with Gasteiger partial charge in [0.25, 0.3) is 0 Å². The predicted octanol–water partition coefficient (Wildman–Crippen LogP) is 2.69. The van der Waals surface area contributed by atoms with E-state index in [0.717, 1.165) is 29.8 Å². The molecule has 1 aliphatic rings. The minimum absolute atomic E-state index is 0.0915. The summed E-state index contributed by atoms with van der Waals surface area (Å²) in [5, 5.41) is 0. The third-order valence-corrected chi connectivity index (χ3v) is 2.87. The first-order valence-corrected chi connectivity index (χ1v) is 5.64. The fourth-order valence-corrected chi connectivity index (χ4v) is 2.00. The summed E-state index contributed by atoms with van der Waals surface area (Å²) >= 11 is 0. The van der Waals surface area contributed by atoms with Gasteiger partial charge in [-0.05, 0) is 24.6 Å². The third kappa shape index (κ3) is 1.98. The molecule has 86 valence electrons. The summed E-state index contributed by atoms with van der Waals surface area (Å²) < 4.78 is 13.2. The highest BCUT2D eigenvalue weighted by Crippen LogP contribution is 2.19. The van der Waals surface area contributed by atoms with Crippen molar-refractivity contribution in [1.29, 1.82) is 0 Å². The molecule has 1 aliphatic heterocycles. The normalized spacial score (nSPS) is 16.1. The van der Waals surface area contributed by atoms with Crippen molar-refractivity contribution in [1.82, 2.24) is 9.97 Å². The van der Waals surface area contributed by atoms with Crippen molar-refractivity contribution < 1.29 is 4.39 Å². The van der Waals surface area contributed by atoms with Gasteiger partial charge < -0.3 is 4.90 Å². The smallest absolute Gasteiger partial charge is 0.148 e. The summed E-state index contributed by atoms with van der Waals surface area (Å²) in [5.74, 6) is 0.651. The molecule has 1 aromatic heterocycles. The zero-order valence-corrected chi connectivity index (χ0v) is 9.31. The van der Waals surface area contributed by atoms with E-state index >= 15 is 0 Å². The zero-order chi connectivity index (χ0) is 11.7. The van der Waals surface area contributed by atoms with Gasteiger partial charge in [-0.25, -0.2) is 9.37 Å². The standard InChI is InChI=1S/C13H12FN3/c14-10-4-3-7-17(9-10)13-8-15-11-5-1-2-6-12(11)16-13/h1-2,4-6,8H,3,7,9H2. The van der Waals surface area contributed by atoms with Crippen LogP contribution in [-0.4, -0.2) is 23.1 Å². The average Bonchev–Trinajstić information content (AvgIpc) is 2.38. The molecule has 2 aromatic rings. The van der Waals surface area contributed by atoms with E-state index in [1.54, 1.807) is 12.3 Å². The van der Waals surface area contributed by atoms with Crippen LogP contribution in [0.3, 0.4) is 0 Å². The topological polar surface area (TPSA) is 29.0 Å². The van der Waals surface area contributed by atoms with E-state index in [4.69, 9.17) is 0 Å². The van der Waals surface area contributed by atoms with E-state index in [1.807, 2.05) is 29.2 Å². The molecule has 4 heteroatoms. The number of para-hydroxylation sites is 2. The Kier molecular flexibility index (Phi) is 2.48. The van der Waals surface area contributed by atoms with Crippen LogP contribution in [0.4, 0.5) is 10.2 Å². The fourth-order valence-electron chi connectivity index (χ4n) is 2.00. The molecule has 3 nitrogen and oxygen atoms in total. The fraction of sp³-hybridized carbons (Fsp3) is 0.231. The first-order chi connectivity index (χ1) is 8.33. The van der Waals surface area contributed by atoms with Gasteiger partial charge in [-0.2, -0.15) is 0 Å². The van der Waals surface area contributed by atoms with Gasteiger partial charge in [0.15, 0.2) is 0 Å². The molecule has 2 heterocycles. The maximum atomic E-state index is 13.2. The highest BCUT2D eigenvalue weighted by Gasteiger charge is 2.14. The molecular formula is C13H12FN3. The van der Waals surface area contributed by atoms with Crippen molar-refractivity contribution in [3.63, 3.8) is 0 Å². The van der Waals surface area contributed by atoms with Crippen LogP contribution in [0, 0.1) is 0 Å². The molecule has 0 radical (unpaired) electrons. The lowest BCUT2D eigenvalue weighted by Crippen LogP contribution is -2.29. The average molecular weight is 229 g/mol. The molecule has 1 aromatic carbocycles. The molecule has 0 amide bonds. The lowest BCUT2D eigenvalue weighted by molar-refractivity contribution is 0.573. The minimum atomic E-state index is -0.0915. The van der Waals surface area contributed by atoms with Crippen LogP contribution < -0.4 is 4.90 Å². The minimum Gasteiger partial charge on any atom is -0.348 e. The largest absolute Gasteiger partial charge is 0.348 e. The highest BCUT2D eigenvalue weighted by atomic mass is 19.1. The van der Waals surface area contributed by atoms with Gasteiger partial charge >= 0.3 is 0 Å². The quantitative estimate of drug-likeness (QED) is 0.752. The number of hydrogen-bond acceptors (Lipinski definition) is 3. The van der Waals surface area contributed by atoms with Crippen LogP contribution in [0.25, 0.3) is 11.0 Å². The Balaban J connectivity index is 1.98. The molecular weight excluding hydrogens is 217 g/mol. The second-order valence-electron chi connectivity index (χ2n) is 4.08. The van der Waals surface area contributed by atoms with Gasteiger partial charge in [-0.1, -0.05) is 12.1 Å². The van der Waals surface area contributed by atoms with Gasteiger partial charge in [0.2, 0.25) is 0 Å². The number of aromatic nitrogens is 2. The summed E-state index contributed by atoms with van der Waals surface area (Å²) in [5.41, 5.74) is 1.71. The Bertz CT molecular complexity index is 580. The molecule has 0 aliphatic carbocycles. The van der Waals surface area contributed by atoms with Gasteiger partial charge in [0, 0.05) is 6.54 Å². The second kappa shape index (κ2) is 4.13. The van der Waals surface area contributed by atoms with Crippen molar-refractivity contribution in [2.24, 2.45) is 0 Å². The Labute approximate surface area is 98.6 Å². The van der Waals surface area contributed by atoms with Crippen LogP contribution in [0.15, 0.2) is 42.4 Å². The Morgan fingerprint density at radius 1 is 1.18 bits per heavy atom. The molecule has 0 bridgehead atoms. The van der Waals surface area contributed by atoms with Crippen LogP contribution >= 0.6 is 0 Å². The summed E-state index contributed by atoms with van der Waals surface area (Å²) in [4.78, 5) is 10.7. The van der Waals surface area contributed by atoms with Crippen LogP contribution in [0.1, 0.15) is 6.42 Å². The van der Waals surface area contributed by atoms with E-state index in [1.165, 1.54) is 0 Å². The van der Waals surface area contributed by atoms with Crippen molar-refractivity contribution in [2.45, 2.75) is 6.42 Å². The van der Waals surface area contributed by atoms with Gasteiger partial charge in [-0.15, -0.1) is 0 Å². The highest BCUT2D eigenvalue weighted by molar-refractivity contribution is 5.75. The number of fused-ring (bicyclic) bond motifs is 1. The van der Waals surface area contributed by atoms with E-state index in [-0.39, 0.29) is 5.83 Å². The Morgan fingerprint density at radius 3 is 2.82 bits per heavy atom. The van der Waals surface area contributed by atoms with Gasteiger partial charge in [-0.3, -0.25) is 4.98 Å². The Hall–Kier alpha value is -1.97. The number of rotatable bonds is 1. The molecule has 3 rings (SSSR count). The van der Waals surface area contributed by atoms with Crippen molar-refractivity contribution in [3.8, 4) is 0 Å². The monoisotopic (exact) mass is 229 g/mol. The molecule has 0 N–H and O–H groups in total. The molecule has 0 atom stereocenters. The second-order valence-corrected chi connectivity index (χ2v) is 4.08. The third-order valence-electron chi connectivity index (χ3n) is 2.87. The zero-order valence-electron chi connectivity index (χ0n) is 9.31. The predicted molar refractivity (Wildman–Crippen MR) is 65.6 cm³/mol. The van der Waals surface area contributed by atoms with E-state index < -0.39 is 0 Å². The Morgan fingerprint density at radius 2 is 2.00 bits per heavy atom. The molecule has 17 heavy (non-hydrogen) atoms. The summed E-state index contributed by atoms with van der Waals surface area (Å²) in [6.45, 7) is 1.09. The van der Waals surface area contributed by atoms with Gasteiger partial charge in [0.1, 0.15) is 11.6 Å². The number of halogens is 1. The maximum absolute atomic E-state index is 13.2. The lowest BCUT2D eigenvalue weighted by Gasteiger charge is -2.25. The first kappa shape index (κ1) is 10.2. The number of nitrogens with zero attached hydrogens (tertiary/aromatic N) is 3. The van der Waals surface area contributed by atoms with E-state index in [9.17, 15) is 4.39 Å². The van der Waals surface area contributed by atoms with Crippen molar-refractivity contribution in [2.75, 3.05) is 18.0 Å². The molecule has 0 spiro atoms. The van der Waals surface area contributed by atoms with E-state index in [0.29, 0.717) is 6.54 Å². The summed E-state index contributed by atoms with van der Waals surface area (Å²) in [7, 11) is 0. The molecule has 0 fully saturated rings. The van der Waals surface area contributed by atoms with Gasteiger partial charge in [0.05, 0.1) is 23.8 Å². The van der Waals surface area contributed by atoms with Crippen LogP contribution in [0.2, 0.25) is 0 Å². The summed E-state index contributed by atoms with van der Waals surface area (Å²) in [6.07, 6.45) is 4.06.